The van der Waals surface area contributed by atoms with E-state index in [0.717, 1.165) is 25.1 Å². The predicted octanol–water partition coefficient (Wildman–Crippen LogP) is 2.80. The summed E-state index contributed by atoms with van der Waals surface area (Å²) in [6.45, 7) is 2.86. The number of esters is 1. The number of fused-ring (bicyclic) bond motifs is 3. The molecule has 2 amide bonds. The highest BCUT2D eigenvalue weighted by Crippen LogP contribution is 2.37. The van der Waals surface area contributed by atoms with Gasteiger partial charge in [-0.05, 0) is 62.2 Å². The Bertz CT molecular complexity index is 973. The summed E-state index contributed by atoms with van der Waals surface area (Å²) in [4.78, 5) is 38.7. The third-order valence-electron chi connectivity index (χ3n) is 5.14. The molecule has 2 aromatic carbocycles. The van der Waals surface area contributed by atoms with Crippen LogP contribution in [0.4, 0.5) is 17.1 Å². The smallest absolute Gasteiger partial charge is 0.338 e. The van der Waals surface area contributed by atoms with E-state index in [2.05, 4.69) is 15.5 Å². The van der Waals surface area contributed by atoms with E-state index in [1.165, 1.54) is 0 Å². The van der Waals surface area contributed by atoms with Crippen LogP contribution < -0.4 is 20.3 Å². The monoisotopic (exact) mass is 409 g/mol. The Kier molecular flexibility index (Phi) is 5.56. The molecule has 1 fully saturated rings. The average molecular weight is 409 g/mol. The summed E-state index contributed by atoms with van der Waals surface area (Å²) in [5, 5.41) is 5.52. The van der Waals surface area contributed by atoms with Crippen molar-refractivity contribution in [3.8, 4) is 5.75 Å². The number of hydrogen-bond donors (Lipinski definition) is 2. The highest BCUT2D eigenvalue weighted by Gasteiger charge is 2.36. The average Bonchev–Trinajstić information content (AvgIpc) is 3.24. The fourth-order valence-electron chi connectivity index (χ4n) is 3.77. The molecule has 8 nitrogen and oxygen atoms in total. The van der Waals surface area contributed by atoms with Gasteiger partial charge in [0.2, 0.25) is 5.91 Å². The Morgan fingerprint density at radius 3 is 2.77 bits per heavy atom. The van der Waals surface area contributed by atoms with Crippen LogP contribution >= 0.6 is 0 Å². The summed E-state index contributed by atoms with van der Waals surface area (Å²) >= 11 is 0. The first-order valence-electron chi connectivity index (χ1n) is 9.96. The molecular weight excluding hydrogens is 386 g/mol. The minimum atomic E-state index is -0.627. The van der Waals surface area contributed by atoms with Gasteiger partial charge in [0.1, 0.15) is 11.8 Å². The zero-order valence-electron chi connectivity index (χ0n) is 16.6. The maximum Gasteiger partial charge on any atom is 0.338 e. The summed E-state index contributed by atoms with van der Waals surface area (Å²) in [5.41, 5.74) is 2.35. The van der Waals surface area contributed by atoms with Crippen LogP contribution in [0.3, 0.4) is 0 Å². The lowest BCUT2D eigenvalue weighted by Gasteiger charge is -2.33. The van der Waals surface area contributed by atoms with E-state index < -0.39 is 18.5 Å². The topological polar surface area (TPSA) is 97.0 Å². The Hall–Kier alpha value is -3.55. The SMILES string of the molecule is CCOc1ccc(NC(=O)COC(=O)c2ccc3c(c2)NC(=O)[C@H]2CCCN32)cc1. The summed E-state index contributed by atoms with van der Waals surface area (Å²) in [5.74, 6) is -0.418. The molecule has 0 bridgehead atoms. The van der Waals surface area contributed by atoms with Gasteiger partial charge >= 0.3 is 5.97 Å². The van der Waals surface area contributed by atoms with Crippen molar-refractivity contribution in [3.05, 3.63) is 48.0 Å². The van der Waals surface area contributed by atoms with Gasteiger partial charge in [-0.25, -0.2) is 4.79 Å². The third-order valence-corrected chi connectivity index (χ3v) is 5.14. The molecule has 0 aliphatic carbocycles. The van der Waals surface area contributed by atoms with Gasteiger partial charge in [-0.15, -0.1) is 0 Å². The molecular formula is C22H23N3O5. The largest absolute Gasteiger partial charge is 0.494 e. The van der Waals surface area contributed by atoms with E-state index in [0.29, 0.717) is 23.7 Å². The van der Waals surface area contributed by atoms with Crippen molar-refractivity contribution in [2.24, 2.45) is 0 Å². The van der Waals surface area contributed by atoms with Crippen LogP contribution in [0.2, 0.25) is 0 Å². The number of carbonyl (C=O) groups excluding carboxylic acids is 3. The molecule has 1 saturated heterocycles. The molecule has 2 aliphatic heterocycles. The summed E-state index contributed by atoms with van der Waals surface area (Å²) in [6, 6.07) is 11.8. The number of carbonyl (C=O) groups is 3. The van der Waals surface area contributed by atoms with Crippen molar-refractivity contribution in [2.45, 2.75) is 25.8 Å². The number of nitrogens with one attached hydrogen (secondary N) is 2. The van der Waals surface area contributed by atoms with Gasteiger partial charge < -0.3 is 25.0 Å². The number of amides is 2. The number of ether oxygens (including phenoxy) is 2. The zero-order valence-corrected chi connectivity index (χ0v) is 16.6. The second-order valence-corrected chi connectivity index (χ2v) is 7.15. The van der Waals surface area contributed by atoms with Gasteiger partial charge in [-0.2, -0.15) is 0 Å². The molecule has 0 saturated carbocycles. The van der Waals surface area contributed by atoms with Crippen LogP contribution in [0.5, 0.6) is 5.75 Å². The molecule has 156 valence electrons. The van der Waals surface area contributed by atoms with E-state index >= 15 is 0 Å². The number of nitrogens with zero attached hydrogens (tertiary/aromatic N) is 1. The van der Waals surface area contributed by atoms with Crippen molar-refractivity contribution in [1.82, 2.24) is 0 Å². The van der Waals surface area contributed by atoms with E-state index in [1.54, 1.807) is 36.4 Å². The number of hydrogen-bond acceptors (Lipinski definition) is 6. The Labute approximate surface area is 174 Å². The van der Waals surface area contributed by atoms with Gasteiger partial charge in [0.05, 0.1) is 23.5 Å². The van der Waals surface area contributed by atoms with Gasteiger partial charge in [-0.1, -0.05) is 0 Å². The zero-order chi connectivity index (χ0) is 21.1. The highest BCUT2D eigenvalue weighted by molar-refractivity contribution is 6.05. The van der Waals surface area contributed by atoms with Crippen molar-refractivity contribution in [2.75, 3.05) is 35.3 Å². The van der Waals surface area contributed by atoms with Crippen molar-refractivity contribution >= 4 is 34.8 Å². The Morgan fingerprint density at radius 2 is 2.00 bits per heavy atom. The first kappa shape index (κ1) is 19.8. The van der Waals surface area contributed by atoms with Gasteiger partial charge in [0.15, 0.2) is 6.61 Å². The van der Waals surface area contributed by atoms with Gasteiger partial charge in [-0.3, -0.25) is 9.59 Å². The first-order valence-corrected chi connectivity index (χ1v) is 9.96. The van der Waals surface area contributed by atoms with Crippen LogP contribution in [0.15, 0.2) is 42.5 Å². The quantitative estimate of drug-likeness (QED) is 0.712. The maximum absolute atomic E-state index is 12.4. The second-order valence-electron chi connectivity index (χ2n) is 7.15. The number of benzene rings is 2. The normalized spacial score (nSPS) is 16.9. The molecule has 2 aromatic rings. The molecule has 1 atom stereocenters. The summed E-state index contributed by atoms with van der Waals surface area (Å²) < 4.78 is 10.5. The molecule has 4 rings (SSSR count). The standard InChI is InChI=1S/C22H23N3O5/c1-2-29-16-8-6-15(7-9-16)23-20(26)13-30-22(28)14-5-10-18-17(12-14)24-21(27)19-4-3-11-25(18)19/h5-10,12,19H,2-4,11,13H2,1H3,(H,23,26)(H,24,27)/t19-/m1/s1. The fraction of sp³-hybridized carbons (Fsp3) is 0.318. The molecule has 2 aliphatic rings. The fourth-order valence-corrected chi connectivity index (χ4v) is 3.77. The lowest BCUT2D eigenvalue weighted by atomic mass is 10.1. The van der Waals surface area contributed by atoms with Crippen molar-refractivity contribution < 1.29 is 23.9 Å². The van der Waals surface area contributed by atoms with Gasteiger partial charge in [0, 0.05) is 12.2 Å². The molecule has 0 unspecified atom stereocenters. The summed E-state index contributed by atoms with van der Waals surface area (Å²) in [7, 11) is 0. The maximum atomic E-state index is 12.4. The summed E-state index contributed by atoms with van der Waals surface area (Å²) in [6.07, 6.45) is 1.79. The molecule has 0 radical (unpaired) electrons. The van der Waals surface area contributed by atoms with Crippen molar-refractivity contribution in [1.29, 1.82) is 0 Å². The molecule has 0 aromatic heterocycles. The van der Waals surface area contributed by atoms with Crippen LogP contribution in [-0.2, 0) is 14.3 Å². The van der Waals surface area contributed by atoms with E-state index in [9.17, 15) is 14.4 Å². The molecule has 0 spiro atoms. The van der Waals surface area contributed by atoms with Crippen LogP contribution in [0.1, 0.15) is 30.1 Å². The number of rotatable bonds is 6. The van der Waals surface area contributed by atoms with E-state index in [1.807, 2.05) is 13.0 Å². The number of anilines is 3. The van der Waals surface area contributed by atoms with Gasteiger partial charge in [0.25, 0.3) is 5.91 Å². The minimum Gasteiger partial charge on any atom is -0.494 e. The van der Waals surface area contributed by atoms with Crippen LogP contribution in [0.25, 0.3) is 0 Å². The third kappa shape index (κ3) is 4.07. The van der Waals surface area contributed by atoms with Crippen molar-refractivity contribution in [3.63, 3.8) is 0 Å². The molecule has 2 heterocycles. The lowest BCUT2D eigenvalue weighted by molar-refractivity contribution is -0.119. The molecule has 8 heteroatoms. The lowest BCUT2D eigenvalue weighted by Crippen LogP contribution is -2.43. The predicted molar refractivity (Wildman–Crippen MR) is 112 cm³/mol. The minimum absolute atomic E-state index is 0.0553. The van der Waals surface area contributed by atoms with Crippen LogP contribution in [0, 0.1) is 0 Å². The molecule has 2 N–H and O–H groups in total. The Balaban J connectivity index is 1.34. The Morgan fingerprint density at radius 1 is 1.20 bits per heavy atom. The van der Waals surface area contributed by atoms with E-state index in [4.69, 9.17) is 9.47 Å². The highest BCUT2D eigenvalue weighted by atomic mass is 16.5. The first-order chi connectivity index (χ1) is 14.5. The second kappa shape index (κ2) is 8.44. The molecule has 30 heavy (non-hydrogen) atoms. The van der Waals surface area contributed by atoms with E-state index in [-0.39, 0.29) is 17.5 Å². The van der Waals surface area contributed by atoms with Crippen LogP contribution in [-0.4, -0.2) is 43.6 Å².